The Morgan fingerprint density at radius 3 is 2.50 bits per heavy atom. The van der Waals surface area contributed by atoms with Crippen molar-refractivity contribution in [3.05, 3.63) is 6.42 Å². The van der Waals surface area contributed by atoms with E-state index in [0.29, 0.717) is 0 Å². The summed E-state index contributed by atoms with van der Waals surface area (Å²) in [7, 11) is 0. The van der Waals surface area contributed by atoms with Crippen LogP contribution >= 0.6 is 0 Å². The number of aliphatic hydroxyl groups excluding tert-OH is 2. The third kappa shape index (κ3) is 1.01. The maximum absolute atomic E-state index is 9.00. The lowest BCUT2D eigenvalue weighted by atomic mass is 10.1. The Kier molecular flexibility index (Phi) is 1.86. The van der Waals surface area contributed by atoms with Gasteiger partial charge < -0.3 is 10.2 Å². The highest BCUT2D eigenvalue weighted by Crippen LogP contribution is 2.23. The fourth-order valence-electron chi connectivity index (χ4n) is 1.03. The molecule has 2 atom stereocenters. The van der Waals surface area contributed by atoms with Crippen LogP contribution in [0.25, 0.3) is 0 Å². The van der Waals surface area contributed by atoms with E-state index in [9.17, 15) is 0 Å². The van der Waals surface area contributed by atoms with E-state index in [4.69, 9.17) is 10.2 Å². The van der Waals surface area contributed by atoms with E-state index in [2.05, 4.69) is 0 Å². The molecule has 1 aliphatic carbocycles. The summed E-state index contributed by atoms with van der Waals surface area (Å²) in [5.74, 6) is 0.120. The molecule has 0 aromatic carbocycles. The molecule has 0 aliphatic heterocycles. The van der Waals surface area contributed by atoms with Crippen molar-refractivity contribution in [2.75, 3.05) is 6.61 Å². The van der Waals surface area contributed by atoms with Gasteiger partial charge in [0.05, 0.1) is 6.10 Å². The minimum atomic E-state index is -0.278. The van der Waals surface area contributed by atoms with Crippen LogP contribution in [0.1, 0.15) is 12.8 Å². The molecule has 1 aliphatic rings. The standard InChI is InChI=1S/C6H11O2/c7-4-5-2-1-3-6(5)8/h1,5-8H,2-4H2. The van der Waals surface area contributed by atoms with Crippen LogP contribution in [0, 0.1) is 12.3 Å². The Morgan fingerprint density at radius 1 is 1.50 bits per heavy atom. The van der Waals surface area contributed by atoms with Gasteiger partial charge in [0.25, 0.3) is 0 Å². The van der Waals surface area contributed by atoms with Crippen LogP contribution in [0.5, 0.6) is 0 Å². The second kappa shape index (κ2) is 2.46. The number of hydrogen-bond donors (Lipinski definition) is 2. The fourth-order valence-corrected chi connectivity index (χ4v) is 1.03. The van der Waals surface area contributed by atoms with Gasteiger partial charge in [-0.25, -0.2) is 0 Å². The van der Waals surface area contributed by atoms with E-state index in [-0.39, 0.29) is 18.6 Å². The fraction of sp³-hybridized carbons (Fsp3) is 0.833. The lowest BCUT2D eigenvalue weighted by Crippen LogP contribution is -2.16. The van der Waals surface area contributed by atoms with Crippen molar-refractivity contribution in [2.45, 2.75) is 18.9 Å². The highest BCUT2D eigenvalue weighted by molar-refractivity contribution is 4.87. The first-order valence-corrected chi connectivity index (χ1v) is 2.95. The van der Waals surface area contributed by atoms with Gasteiger partial charge in [0.2, 0.25) is 0 Å². The molecule has 0 aromatic heterocycles. The average Bonchev–Trinajstić information content (AvgIpc) is 2.14. The average molecular weight is 115 g/mol. The SMILES string of the molecule is OCC1C[CH]CC1O. The van der Waals surface area contributed by atoms with Crippen LogP contribution in [-0.2, 0) is 0 Å². The van der Waals surface area contributed by atoms with Crippen LogP contribution in [0.2, 0.25) is 0 Å². The second-order valence-electron chi connectivity index (χ2n) is 2.27. The van der Waals surface area contributed by atoms with Gasteiger partial charge in [0.1, 0.15) is 0 Å². The number of rotatable bonds is 1. The van der Waals surface area contributed by atoms with Crippen molar-refractivity contribution in [3.8, 4) is 0 Å². The van der Waals surface area contributed by atoms with Gasteiger partial charge in [0, 0.05) is 12.5 Å². The maximum atomic E-state index is 9.00. The Balaban J connectivity index is 2.30. The molecule has 0 spiro atoms. The largest absolute Gasteiger partial charge is 0.396 e. The van der Waals surface area contributed by atoms with Crippen molar-refractivity contribution >= 4 is 0 Å². The summed E-state index contributed by atoms with van der Waals surface area (Å²) in [5.41, 5.74) is 0. The summed E-state index contributed by atoms with van der Waals surface area (Å²) in [4.78, 5) is 0. The molecule has 2 nitrogen and oxygen atoms in total. The zero-order valence-electron chi connectivity index (χ0n) is 4.75. The highest BCUT2D eigenvalue weighted by atomic mass is 16.3. The summed E-state index contributed by atoms with van der Waals surface area (Å²) in [6.45, 7) is 0.123. The Bertz CT molecular complexity index is 72.9. The van der Waals surface area contributed by atoms with Crippen LogP contribution in [0.15, 0.2) is 0 Å². The predicted octanol–water partition coefficient (Wildman–Crippen LogP) is -0.0461. The molecule has 8 heavy (non-hydrogen) atoms. The molecule has 0 aromatic rings. The molecule has 0 amide bonds. The third-order valence-electron chi connectivity index (χ3n) is 1.66. The van der Waals surface area contributed by atoms with Crippen molar-refractivity contribution in [1.29, 1.82) is 0 Å². The molecule has 0 bridgehead atoms. The minimum Gasteiger partial charge on any atom is -0.396 e. The van der Waals surface area contributed by atoms with Crippen molar-refractivity contribution in [2.24, 2.45) is 5.92 Å². The zero-order chi connectivity index (χ0) is 5.98. The smallest absolute Gasteiger partial charge is 0.0593 e. The quantitative estimate of drug-likeness (QED) is 0.503. The first-order chi connectivity index (χ1) is 3.84. The molecule has 2 heteroatoms. The van der Waals surface area contributed by atoms with E-state index in [0.717, 1.165) is 12.8 Å². The van der Waals surface area contributed by atoms with Crippen LogP contribution < -0.4 is 0 Å². The summed E-state index contributed by atoms with van der Waals surface area (Å²) in [6.07, 6.45) is 3.37. The molecular weight excluding hydrogens is 104 g/mol. The van der Waals surface area contributed by atoms with Gasteiger partial charge >= 0.3 is 0 Å². The first-order valence-electron chi connectivity index (χ1n) is 2.95. The summed E-state index contributed by atoms with van der Waals surface area (Å²) < 4.78 is 0. The monoisotopic (exact) mass is 115 g/mol. The van der Waals surface area contributed by atoms with Gasteiger partial charge in [-0.2, -0.15) is 0 Å². The lowest BCUT2D eigenvalue weighted by Gasteiger charge is -2.08. The van der Waals surface area contributed by atoms with Gasteiger partial charge in [-0.15, -0.1) is 0 Å². The highest BCUT2D eigenvalue weighted by Gasteiger charge is 2.23. The summed E-state index contributed by atoms with van der Waals surface area (Å²) in [6, 6.07) is 0. The second-order valence-corrected chi connectivity index (χ2v) is 2.27. The molecule has 2 N–H and O–H groups in total. The number of hydrogen-bond acceptors (Lipinski definition) is 2. The predicted molar refractivity (Wildman–Crippen MR) is 30.1 cm³/mol. The molecule has 0 heterocycles. The summed E-state index contributed by atoms with van der Waals surface area (Å²) >= 11 is 0. The van der Waals surface area contributed by atoms with E-state index in [1.807, 2.05) is 6.42 Å². The molecule has 0 saturated heterocycles. The Morgan fingerprint density at radius 2 is 2.25 bits per heavy atom. The summed E-state index contributed by atoms with van der Waals surface area (Å²) in [5, 5.41) is 17.6. The van der Waals surface area contributed by atoms with E-state index < -0.39 is 0 Å². The molecule has 47 valence electrons. The van der Waals surface area contributed by atoms with Crippen LogP contribution in [0.3, 0.4) is 0 Å². The zero-order valence-corrected chi connectivity index (χ0v) is 4.75. The Labute approximate surface area is 49.1 Å². The van der Waals surface area contributed by atoms with Gasteiger partial charge in [-0.05, 0) is 19.3 Å². The minimum absolute atomic E-state index is 0.120. The molecule has 1 rings (SSSR count). The topological polar surface area (TPSA) is 40.5 Å². The van der Waals surface area contributed by atoms with Crippen LogP contribution in [-0.4, -0.2) is 22.9 Å². The van der Waals surface area contributed by atoms with E-state index >= 15 is 0 Å². The third-order valence-corrected chi connectivity index (χ3v) is 1.66. The molecule has 2 unspecified atom stereocenters. The van der Waals surface area contributed by atoms with Crippen molar-refractivity contribution in [1.82, 2.24) is 0 Å². The van der Waals surface area contributed by atoms with Crippen molar-refractivity contribution < 1.29 is 10.2 Å². The molecule has 1 radical (unpaired) electrons. The molecule has 1 saturated carbocycles. The lowest BCUT2D eigenvalue weighted by molar-refractivity contribution is 0.0910. The first kappa shape index (κ1) is 6.05. The van der Waals surface area contributed by atoms with Gasteiger partial charge in [-0.3, -0.25) is 0 Å². The van der Waals surface area contributed by atoms with Crippen LogP contribution in [0.4, 0.5) is 0 Å². The molecule has 1 fully saturated rings. The number of aliphatic hydroxyl groups is 2. The molecular formula is C6H11O2. The normalized spacial score (nSPS) is 38.2. The van der Waals surface area contributed by atoms with E-state index in [1.165, 1.54) is 0 Å². The maximum Gasteiger partial charge on any atom is 0.0593 e. The Hall–Kier alpha value is -0.0800. The van der Waals surface area contributed by atoms with Gasteiger partial charge in [0.15, 0.2) is 0 Å². The van der Waals surface area contributed by atoms with E-state index in [1.54, 1.807) is 0 Å². The van der Waals surface area contributed by atoms with Gasteiger partial charge in [-0.1, -0.05) is 0 Å². The van der Waals surface area contributed by atoms with Crippen molar-refractivity contribution in [3.63, 3.8) is 0 Å².